The molecule has 0 N–H and O–H groups in total. The van der Waals surface area contributed by atoms with Gasteiger partial charge in [0.05, 0.1) is 6.04 Å². The number of hydrogen-bond acceptors (Lipinski definition) is 3. The standard InChI is InChI=1S/C18H27NO2/c1-13-5-6-14(2)17(11-13)18(20)15(3)19-9-7-16(8-10-19)12-21-4/h5-6,11,15-16H,7-10,12H2,1-4H3. The minimum atomic E-state index is -0.0333. The fraction of sp³-hybridized carbons (Fsp3) is 0.611. The number of carbonyl (C=O) groups is 1. The summed E-state index contributed by atoms with van der Waals surface area (Å²) in [6.07, 6.45) is 2.25. The number of likely N-dealkylation sites (tertiary alicyclic amines) is 1. The van der Waals surface area contributed by atoms with Gasteiger partial charge in [-0.1, -0.05) is 17.7 Å². The summed E-state index contributed by atoms with van der Waals surface area (Å²) in [5.74, 6) is 0.899. The molecule has 1 heterocycles. The molecule has 1 saturated heterocycles. The second-order valence-electron chi connectivity index (χ2n) is 6.29. The van der Waals surface area contributed by atoms with Crippen molar-refractivity contribution in [1.29, 1.82) is 0 Å². The second kappa shape index (κ2) is 7.19. The summed E-state index contributed by atoms with van der Waals surface area (Å²) in [5.41, 5.74) is 3.10. The summed E-state index contributed by atoms with van der Waals surface area (Å²) in [6.45, 7) is 8.92. The van der Waals surface area contributed by atoms with E-state index >= 15 is 0 Å². The summed E-state index contributed by atoms with van der Waals surface area (Å²) in [4.78, 5) is 15.1. The van der Waals surface area contributed by atoms with E-state index < -0.39 is 0 Å². The van der Waals surface area contributed by atoms with Crippen molar-refractivity contribution < 1.29 is 9.53 Å². The van der Waals surface area contributed by atoms with Gasteiger partial charge in [-0.2, -0.15) is 0 Å². The molecule has 0 radical (unpaired) electrons. The van der Waals surface area contributed by atoms with Crippen LogP contribution in [-0.4, -0.2) is 43.5 Å². The Morgan fingerprint density at radius 1 is 1.33 bits per heavy atom. The monoisotopic (exact) mass is 289 g/mol. The molecule has 0 spiro atoms. The molecule has 1 unspecified atom stereocenters. The maximum absolute atomic E-state index is 12.8. The average molecular weight is 289 g/mol. The van der Waals surface area contributed by atoms with Crippen LogP contribution in [0.2, 0.25) is 0 Å². The molecule has 1 aliphatic heterocycles. The second-order valence-corrected chi connectivity index (χ2v) is 6.29. The number of nitrogens with zero attached hydrogens (tertiary/aromatic N) is 1. The first-order valence-electron chi connectivity index (χ1n) is 7.87. The van der Waals surface area contributed by atoms with Gasteiger partial charge in [0.15, 0.2) is 5.78 Å². The average Bonchev–Trinajstić information content (AvgIpc) is 2.49. The number of Topliss-reactive ketones (excluding diaryl/α,β-unsaturated/α-hetero) is 1. The number of aryl methyl sites for hydroxylation is 2. The lowest BCUT2D eigenvalue weighted by Crippen LogP contribution is -2.44. The molecule has 3 heteroatoms. The number of benzene rings is 1. The fourth-order valence-corrected chi connectivity index (χ4v) is 3.13. The largest absolute Gasteiger partial charge is 0.384 e. The number of ether oxygens (including phenoxy) is 1. The zero-order valence-corrected chi connectivity index (χ0v) is 13.7. The van der Waals surface area contributed by atoms with E-state index in [0.717, 1.165) is 49.2 Å². The van der Waals surface area contributed by atoms with Gasteiger partial charge in [-0.15, -0.1) is 0 Å². The van der Waals surface area contributed by atoms with Gasteiger partial charge >= 0.3 is 0 Å². The van der Waals surface area contributed by atoms with Crippen molar-refractivity contribution in [3.05, 3.63) is 34.9 Å². The van der Waals surface area contributed by atoms with E-state index in [9.17, 15) is 4.79 Å². The van der Waals surface area contributed by atoms with Crippen molar-refractivity contribution >= 4 is 5.78 Å². The van der Waals surface area contributed by atoms with Gasteiger partial charge in [-0.05, 0) is 64.3 Å². The van der Waals surface area contributed by atoms with Gasteiger partial charge in [0.2, 0.25) is 0 Å². The first-order valence-corrected chi connectivity index (χ1v) is 7.87. The SMILES string of the molecule is COCC1CCN(C(C)C(=O)c2cc(C)ccc2C)CC1. The molecule has 1 atom stereocenters. The minimum Gasteiger partial charge on any atom is -0.384 e. The molecule has 0 amide bonds. The highest BCUT2D eigenvalue weighted by atomic mass is 16.5. The Morgan fingerprint density at radius 2 is 2.00 bits per heavy atom. The van der Waals surface area contributed by atoms with Crippen molar-refractivity contribution in [2.45, 2.75) is 39.7 Å². The molecule has 1 fully saturated rings. The van der Waals surface area contributed by atoms with E-state index in [0.29, 0.717) is 5.92 Å². The van der Waals surface area contributed by atoms with E-state index in [2.05, 4.69) is 11.0 Å². The Bertz CT molecular complexity index is 490. The van der Waals surface area contributed by atoms with Crippen molar-refractivity contribution in [3.63, 3.8) is 0 Å². The predicted molar refractivity (Wildman–Crippen MR) is 85.9 cm³/mol. The predicted octanol–water partition coefficient (Wildman–Crippen LogP) is 3.23. The van der Waals surface area contributed by atoms with Gasteiger partial charge in [-0.25, -0.2) is 0 Å². The van der Waals surface area contributed by atoms with Crippen LogP contribution in [0.3, 0.4) is 0 Å². The molecule has 116 valence electrons. The molecule has 1 aromatic rings. The number of carbonyl (C=O) groups excluding carboxylic acids is 1. The van der Waals surface area contributed by atoms with Crippen LogP contribution in [0.25, 0.3) is 0 Å². The van der Waals surface area contributed by atoms with E-state index in [4.69, 9.17) is 4.74 Å². The Morgan fingerprint density at radius 3 is 2.62 bits per heavy atom. The Labute approximate surface area is 128 Å². The number of piperidine rings is 1. The minimum absolute atomic E-state index is 0.0333. The smallest absolute Gasteiger partial charge is 0.179 e. The maximum Gasteiger partial charge on any atom is 0.179 e. The highest BCUT2D eigenvalue weighted by Crippen LogP contribution is 2.22. The number of rotatable bonds is 5. The Balaban J connectivity index is 2.01. The molecular formula is C18H27NO2. The molecule has 2 rings (SSSR count). The normalized spacial score (nSPS) is 18.7. The van der Waals surface area contributed by atoms with E-state index in [1.807, 2.05) is 32.9 Å². The van der Waals surface area contributed by atoms with Gasteiger partial charge in [0, 0.05) is 19.3 Å². The molecule has 0 bridgehead atoms. The highest BCUT2D eigenvalue weighted by Gasteiger charge is 2.27. The number of ketones is 1. The van der Waals surface area contributed by atoms with E-state index in [1.165, 1.54) is 0 Å². The lowest BCUT2D eigenvalue weighted by atomic mass is 9.93. The molecule has 3 nitrogen and oxygen atoms in total. The molecular weight excluding hydrogens is 262 g/mol. The number of methoxy groups -OCH3 is 1. The zero-order chi connectivity index (χ0) is 15.4. The van der Waals surface area contributed by atoms with Crippen LogP contribution in [0.1, 0.15) is 41.3 Å². The summed E-state index contributed by atoms with van der Waals surface area (Å²) >= 11 is 0. The van der Waals surface area contributed by atoms with E-state index in [1.54, 1.807) is 7.11 Å². The van der Waals surface area contributed by atoms with Gasteiger partial charge in [0.1, 0.15) is 0 Å². The highest BCUT2D eigenvalue weighted by molar-refractivity contribution is 6.01. The van der Waals surface area contributed by atoms with Crippen LogP contribution in [0, 0.1) is 19.8 Å². The molecule has 0 saturated carbocycles. The van der Waals surface area contributed by atoms with Gasteiger partial charge < -0.3 is 4.74 Å². The van der Waals surface area contributed by atoms with Crippen LogP contribution < -0.4 is 0 Å². The lowest BCUT2D eigenvalue weighted by molar-refractivity contribution is 0.0661. The quantitative estimate of drug-likeness (QED) is 0.779. The van der Waals surface area contributed by atoms with E-state index in [-0.39, 0.29) is 11.8 Å². The Hall–Kier alpha value is -1.19. The van der Waals surface area contributed by atoms with Crippen molar-refractivity contribution in [2.24, 2.45) is 5.92 Å². The zero-order valence-electron chi connectivity index (χ0n) is 13.7. The molecule has 1 aromatic carbocycles. The molecule has 1 aliphatic rings. The van der Waals surface area contributed by atoms with Gasteiger partial charge in [0.25, 0.3) is 0 Å². The Kier molecular flexibility index (Phi) is 5.54. The van der Waals surface area contributed by atoms with Crippen LogP contribution >= 0.6 is 0 Å². The van der Waals surface area contributed by atoms with Crippen LogP contribution in [0.4, 0.5) is 0 Å². The molecule has 0 aromatic heterocycles. The first-order chi connectivity index (χ1) is 10.0. The third kappa shape index (κ3) is 3.92. The maximum atomic E-state index is 12.8. The first kappa shape index (κ1) is 16.2. The number of hydrogen-bond donors (Lipinski definition) is 0. The topological polar surface area (TPSA) is 29.5 Å². The van der Waals surface area contributed by atoms with Crippen molar-refractivity contribution in [2.75, 3.05) is 26.8 Å². The lowest BCUT2D eigenvalue weighted by Gasteiger charge is -2.35. The summed E-state index contributed by atoms with van der Waals surface area (Å²) in [6, 6.07) is 6.09. The van der Waals surface area contributed by atoms with Gasteiger partial charge in [-0.3, -0.25) is 9.69 Å². The third-order valence-electron chi connectivity index (χ3n) is 4.64. The van der Waals surface area contributed by atoms with Crippen LogP contribution in [-0.2, 0) is 4.74 Å². The third-order valence-corrected chi connectivity index (χ3v) is 4.64. The van der Waals surface area contributed by atoms with Crippen molar-refractivity contribution in [1.82, 2.24) is 4.90 Å². The molecule has 0 aliphatic carbocycles. The summed E-state index contributed by atoms with van der Waals surface area (Å²) in [7, 11) is 1.76. The summed E-state index contributed by atoms with van der Waals surface area (Å²) < 4.78 is 5.24. The van der Waals surface area contributed by atoms with Crippen molar-refractivity contribution in [3.8, 4) is 0 Å². The molecule has 21 heavy (non-hydrogen) atoms. The summed E-state index contributed by atoms with van der Waals surface area (Å²) in [5, 5.41) is 0. The van der Waals surface area contributed by atoms with Crippen LogP contribution in [0.5, 0.6) is 0 Å². The fourth-order valence-electron chi connectivity index (χ4n) is 3.13. The van der Waals surface area contributed by atoms with Crippen LogP contribution in [0.15, 0.2) is 18.2 Å².